The van der Waals surface area contributed by atoms with Crippen LogP contribution < -0.4 is 5.32 Å². The number of hydrogen-bond acceptors (Lipinski definition) is 4. The van der Waals surface area contributed by atoms with Gasteiger partial charge in [0.15, 0.2) is 0 Å². The highest BCUT2D eigenvalue weighted by atomic mass is 16.5. The van der Waals surface area contributed by atoms with Crippen LogP contribution in [0.25, 0.3) is 0 Å². The summed E-state index contributed by atoms with van der Waals surface area (Å²) in [7, 11) is 0. The Morgan fingerprint density at radius 3 is 3.05 bits per heavy atom. The number of amides is 1. The van der Waals surface area contributed by atoms with E-state index in [0.717, 1.165) is 37.9 Å². The number of ether oxygens (including phenoxy) is 1. The number of aromatic nitrogens is 2. The number of aromatic amines is 1. The molecule has 6 nitrogen and oxygen atoms in total. The van der Waals surface area contributed by atoms with Crippen LogP contribution in [-0.2, 0) is 4.74 Å². The average molecular weight is 290 g/mol. The SMILES string of the molecule is Cc1ncc(C(=O)N[C@H]2C[C@H]3CO[C@H](C4CC4)CN3C2)[nH]1. The standard InChI is InChI=1S/C15H22N4O2/c1-9-16-5-13(17-9)15(20)18-11-4-12-8-21-14(10-2-3-10)7-19(12)6-11/h5,10-12,14H,2-4,6-8H2,1H3,(H,16,17)(H,18,20)/t11-,12-,14-/m0/s1. The maximum atomic E-state index is 12.2. The number of morpholine rings is 1. The van der Waals surface area contributed by atoms with Gasteiger partial charge in [0.2, 0.25) is 0 Å². The molecule has 0 radical (unpaired) electrons. The first-order chi connectivity index (χ1) is 10.2. The van der Waals surface area contributed by atoms with E-state index in [1.807, 2.05) is 6.92 Å². The smallest absolute Gasteiger partial charge is 0.269 e. The van der Waals surface area contributed by atoms with Gasteiger partial charge in [0.1, 0.15) is 11.5 Å². The van der Waals surface area contributed by atoms with E-state index in [4.69, 9.17) is 4.74 Å². The van der Waals surface area contributed by atoms with E-state index in [0.29, 0.717) is 17.8 Å². The van der Waals surface area contributed by atoms with Crippen LogP contribution in [-0.4, -0.2) is 58.7 Å². The summed E-state index contributed by atoms with van der Waals surface area (Å²) in [4.78, 5) is 21.7. The Hall–Kier alpha value is -1.40. The van der Waals surface area contributed by atoms with Crippen molar-refractivity contribution in [3.63, 3.8) is 0 Å². The predicted molar refractivity (Wildman–Crippen MR) is 77.0 cm³/mol. The third-order valence-electron chi connectivity index (χ3n) is 4.88. The lowest BCUT2D eigenvalue weighted by Gasteiger charge is -2.35. The fraction of sp³-hybridized carbons (Fsp3) is 0.733. The van der Waals surface area contributed by atoms with Crippen LogP contribution in [0.5, 0.6) is 0 Å². The molecular formula is C15H22N4O2. The van der Waals surface area contributed by atoms with Crippen LogP contribution in [0, 0.1) is 12.8 Å². The zero-order valence-electron chi connectivity index (χ0n) is 12.3. The maximum absolute atomic E-state index is 12.2. The van der Waals surface area contributed by atoms with Gasteiger partial charge in [0.25, 0.3) is 5.91 Å². The van der Waals surface area contributed by atoms with Gasteiger partial charge in [-0.2, -0.15) is 0 Å². The molecule has 1 aromatic heterocycles. The summed E-state index contributed by atoms with van der Waals surface area (Å²) >= 11 is 0. The van der Waals surface area contributed by atoms with Crippen LogP contribution >= 0.6 is 0 Å². The number of H-pyrrole nitrogens is 1. The van der Waals surface area contributed by atoms with Gasteiger partial charge in [0.05, 0.1) is 18.9 Å². The van der Waals surface area contributed by atoms with Gasteiger partial charge in [-0.1, -0.05) is 0 Å². The second-order valence-corrected chi connectivity index (χ2v) is 6.61. The van der Waals surface area contributed by atoms with Crippen molar-refractivity contribution in [2.45, 2.75) is 44.4 Å². The summed E-state index contributed by atoms with van der Waals surface area (Å²) in [6.45, 7) is 4.64. The van der Waals surface area contributed by atoms with Crippen molar-refractivity contribution in [3.05, 3.63) is 17.7 Å². The Morgan fingerprint density at radius 2 is 2.33 bits per heavy atom. The monoisotopic (exact) mass is 290 g/mol. The lowest BCUT2D eigenvalue weighted by Crippen LogP contribution is -2.47. The van der Waals surface area contributed by atoms with E-state index in [1.54, 1.807) is 6.20 Å². The summed E-state index contributed by atoms with van der Waals surface area (Å²) in [5.41, 5.74) is 0.546. The minimum atomic E-state index is -0.0555. The molecule has 6 heteroatoms. The highest BCUT2D eigenvalue weighted by molar-refractivity contribution is 5.92. The topological polar surface area (TPSA) is 70.2 Å². The van der Waals surface area contributed by atoms with Crippen molar-refractivity contribution >= 4 is 5.91 Å². The van der Waals surface area contributed by atoms with Crippen molar-refractivity contribution < 1.29 is 9.53 Å². The molecule has 2 saturated heterocycles. The quantitative estimate of drug-likeness (QED) is 0.860. The number of carbonyl (C=O) groups is 1. The number of carbonyl (C=O) groups excluding carboxylic acids is 1. The lowest BCUT2D eigenvalue weighted by atomic mass is 10.1. The van der Waals surface area contributed by atoms with Gasteiger partial charge in [-0.05, 0) is 32.1 Å². The summed E-state index contributed by atoms with van der Waals surface area (Å²) in [5, 5.41) is 3.12. The molecule has 0 bridgehead atoms. The van der Waals surface area contributed by atoms with Crippen molar-refractivity contribution in [1.82, 2.24) is 20.2 Å². The summed E-state index contributed by atoms with van der Waals surface area (Å²) < 4.78 is 5.99. The third-order valence-corrected chi connectivity index (χ3v) is 4.88. The number of hydrogen-bond donors (Lipinski definition) is 2. The van der Waals surface area contributed by atoms with Crippen molar-refractivity contribution in [3.8, 4) is 0 Å². The number of nitrogens with zero attached hydrogens (tertiary/aromatic N) is 2. The fourth-order valence-corrected chi connectivity index (χ4v) is 3.56. The number of fused-ring (bicyclic) bond motifs is 1. The first-order valence-electron chi connectivity index (χ1n) is 7.87. The second kappa shape index (κ2) is 5.10. The summed E-state index contributed by atoms with van der Waals surface area (Å²) in [6.07, 6.45) is 5.64. The Balaban J connectivity index is 1.34. The molecule has 114 valence electrons. The zero-order chi connectivity index (χ0) is 14.4. The van der Waals surface area contributed by atoms with E-state index in [-0.39, 0.29) is 11.9 Å². The largest absolute Gasteiger partial charge is 0.375 e. The molecule has 4 rings (SSSR count). The Bertz CT molecular complexity index is 540. The molecule has 0 spiro atoms. The number of nitrogens with one attached hydrogen (secondary N) is 2. The molecule has 1 amide bonds. The molecule has 1 saturated carbocycles. The van der Waals surface area contributed by atoms with E-state index in [1.165, 1.54) is 12.8 Å². The van der Waals surface area contributed by atoms with E-state index >= 15 is 0 Å². The Morgan fingerprint density at radius 1 is 1.48 bits per heavy atom. The molecule has 21 heavy (non-hydrogen) atoms. The minimum Gasteiger partial charge on any atom is -0.375 e. The zero-order valence-corrected chi connectivity index (χ0v) is 12.3. The Labute approximate surface area is 124 Å². The number of rotatable bonds is 3. The predicted octanol–water partition coefficient (Wildman–Crippen LogP) is 0.700. The van der Waals surface area contributed by atoms with Gasteiger partial charge in [0, 0.05) is 25.2 Å². The van der Waals surface area contributed by atoms with E-state index < -0.39 is 0 Å². The molecule has 0 unspecified atom stereocenters. The number of aryl methyl sites for hydroxylation is 1. The lowest BCUT2D eigenvalue weighted by molar-refractivity contribution is -0.0581. The van der Waals surface area contributed by atoms with Crippen LogP contribution in [0.4, 0.5) is 0 Å². The molecule has 0 aromatic carbocycles. The Kier molecular flexibility index (Phi) is 3.23. The van der Waals surface area contributed by atoms with Crippen molar-refractivity contribution in [2.75, 3.05) is 19.7 Å². The molecule has 3 aliphatic rings. The molecule has 2 N–H and O–H groups in total. The molecule has 1 aliphatic carbocycles. The highest BCUT2D eigenvalue weighted by Crippen LogP contribution is 2.37. The first-order valence-corrected chi connectivity index (χ1v) is 7.87. The normalized spacial score (nSPS) is 32.9. The van der Waals surface area contributed by atoms with Gasteiger partial charge < -0.3 is 15.0 Å². The molecule has 3 atom stereocenters. The molecular weight excluding hydrogens is 268 g/mol. The van der Waals surface area contributed by atoms with Gasteiger partial charge in [-0.3, -0.25) is 9.69 Å². The summed E-state index contributed by atoms with van der Waals surface area (Å²) in [5.74, 6) is 1.50. The van der Waals surface area contributed by atoms with Crippen molar-refractivity contribution in [1.29, 1.82) is 0 Å². The van der Waals surface area contributed by atoms with Crippen LogP contribution in [0.1, 0.15) is 35.6 Å². The van der Waals surface area contributed by atoms with Gasteiger partial charge in [-0.15, -0.1) is 0 Å². The van der Waals surface area contributed by atoms with Gasteiger partial charge in [-0.25, -0.2) is 4.98 Å². The van der Waals surface area contributed by atoms with Crippen LogP contribution in [0.2, 0.25) is 0 Å². The molecule has 2 aliphatic heterocycles. The van der Waals surface area contributed by atoms with E-state index in [2.05, 4.69) is 20.2 Å². The van der Waals surface area contributed by atoms with Crippen molar-refractivity contribution in [2.24, 2.45) is 5.92 Å². The molecule has 3 fully saturated rings. The molecule has 3 heterocycles. The van der Waals surface area contributed by atoms with Crippen LogP contribution in [0.15, 0.2) is 6.20 Å². The maximum Gasteiger partial charge on any atom is 0.269 e. The highest BCUT2D eigenvalue weighted by Gasteiger charge is 2.42. The third kappa shape index (κ3) is 2.70. The summed E-state index contributed by atoms with van der Waals surface area (Å²) in [6, 6.07) is 0.682. The van der Waals surface area contributed by atoms with Gasteiger partial charge >= 0.3 is 0 Å². The minimum absolute atomic E-state index is 0.0555. The second-order valence-electron chi connectivity index (χ2n) is 6.61. The first kappa shape index (κ1) is 13.3. The van der Waals surface area contributed by atoms with E-state index in [9.17, 15) is 4.79 Å². The fourth-order valence-electron chi connectivity index (χ4n) is 3.56. The average Bonchev–Trinajstić information content (AvgIpc) is 3.10. The van der Waals surface area contributed by atoms with Crippen LogP contribution in [0.3, 0.4) is 0 Å². The number of imidazole rings is 1. The molecule has 1 aromatic rings.